The fourth-order valence-corrected chi connectivity index (χ4v) is 4.37. The number of anilines is 1. The molecule has 0 radical (unpaired) electrons. The van der Waals surface area contributed by atoms with Gasteiger partial charge in [0.2, 0.25) is 10.0 Å². The Balaban J connectivity index is 1.83. The topological polar surface area (TPSA) is 106 Å². The number of hydrogen-bond acceptors (Lipinski definition) is 6. The van der Waals surface area contributed by atoms with Gasteiger partial charge in [-0.3, -0.25) is 9.52 Å². The molecule has 3 rings (SSSR count). The van der Waals surface area contributed by atoms with Crippen LogP contribution >= 0.6 is 0 Å². The third-order valence-electron chi connectivity index (χ3n) is 4.84. The molecule has 2 unspecified atom stereocenters. The van der Waals surface area contributed by atoms with Gasteiger partial charge in [-0.25, -0.2) is 8.42 Å². The summed E-state index contributed by atoms with van der Waals surface area (Å²) in [5, 5.41) is 6.60. The summed E-state index contributed by atoms with van der Waals surface area (Å²) in [7, 11) is -0.685. The van der Waals surface area contributed by atoms with E-state index in [1.54, 1.807) is 6.07 Å². The van der Waals surface area contributed by atoms with Crippen LogP contribution < -0.4 is 24.8 Å². The number of carbonyl (C=O) groups excluding carboxylic acids is 1. The number of fused-ring (bicyclic) bond motifs is 2. The maximum absolute atomic E-state index is 12.7. The van der Waals surface area contributed by atoms with Crippen LogP contribution in [-0.4, -0.2) is 52.9 Å². The number of ether oxygens (including phenoxy) is 2. The van der Waals surface area contributed by atoms with Gasteiger partial charge in [0.1, 0.15) is 0 Å². The second-order valence-corrected chi connectivity index (χ2v) is 8.66. The highest BCUT2D eigenvalue weighted by molar-refractivity contribution is 7.92. The number of methoxy groups -OCH3 is 2. The summed E-state index contributed by atoms with van der Waals surface area (Å²) in [6.07, 6.45) is 5.15. The van der Waals surface area contributed by atoms with Crippen LogP contribution in [0.25, 0.3) is 0 Å². The predicted octanol–water partition coefficient (Wildman–Crippen LogP) is 1.09. The molecular formula is C17H25N3O5S. The van der Waals surface area contributed by atoms with Crippen LogP contribution in [0.2, 0.25) is 0 Å². The lowest BCUT2D eigenvalue weighted by Crippen LogP contribution is -2.48. The van der Waals surface area contributed by atoms with Crippen molar-refractivity contribution in [3.05, 3.63) is 17.7 Å². The Bertz CT molecular complexity index is 784. The van der Waals surface area contributed by atoms with Crippen molar-refractivity contribution >= 4 is 21.6 Å². The molecule has 0 aromatic heterocycles. The van der Waals surface area contributed by atoms with Gasteiger partial charge < -0.3 is 20.1 Å². The summed E-state index contributed by atoms with van der Waals surface area (Å²) < 4.78 is 36.1. The van der Waals surface area contributed by atoms with Gasteiger partial charge in [0, 0.05) is 23.7 Å². The van der Waals surface area contributed by atoms with Crippen molar-refractivity contribution < 1.29 is 22.7 Å². The Hall–Kier alpha value is -2.00. The first-order valence-electron chi connectivity index (χ1n) is 8.59. The number of carbonyl (C=O) groups is 1. The molecule has 2 aliphatic heterocycles. The van der Waals surface area contributed by atoms with E-state index in [2.05, 4.69) is 15.4 Å². The lowest BCUT2D eigenvalue weighted by molar-refractivity contribution is 0.0923. The van der Waals surface area contributed by atoms with E-state index in [1.165, 1.54) is 20.3 Å². The summed E-state index contributed by atoms with van der Waals surface area (Å²) in [5.74, 6) is 0.264. The van der Waals surface area contributed by atoms with E-state index < -0.39 is 10.0 Å². The average molecular weight is 383 g/mol. The molecule has 8 nitrogen and oxygen atoms in total. The minimum atomic E-state index is -3.54. The van der Waals surface area contributed by atoms with Crippen molar-refractivity contribution in [1.29, 1.82) is 0 Å². The lowest BCUT2D eigenvalue weighted by Gasteiger charge is -2.29. The predicted molar refractivity (Wildman–Crippen MR) is 98.4 cm³/mol. The second kappa shape index (κ2) is 7.32. The molecule has 2 atom stereocenters. The first-order valence-corrected chi connectivity index (χ1v) is 10.5. The molecule has 1 aromatic carbocycles. The summed E-state index contributed by atoms with van der Waals surface area (Å²) in [4.78, 5) is 12.7. The Kier molecular flexibility index (Phi) is 5.29. The maximum Gasteiger partial charge on any atom is 0.251 e. The van der Waals surface area contributed by atoms with E-state index in [0.717, 1.165) is 31.9 Å². The molecule has 144 valence electrons. The Morgan fingerprint density at radius 2 is 1.81 bits per heavy atom. The molecule has 2 heterocycles. The smallest absolute Gasteiger partial charge is 0.251 e. The minimum Gasteiger partial charge on any atom is -0.493 e. The standard InChI is InChI=1S/C17H25N3O5S/c1-24-15-7-10(6-14(16(15)25-2)20-26(3,22)23)17(21)19-13-8-11-4-5-12(9-13)18-11/h6-7,11-13,18,20H,4-5,8-9H2,1-3H3,(H,19,21). The molecule has 0 saturated carbocycles. The Morgan fingerprint density at radius 1 is 1.15 bits per heavy atom. The van der Waals surface area contributed by atoms with E-state index in [0.29, 0.717) is 17.6 Å². The Morgan fingerprint density at radius 3 is 2.35 bits per heavy atom. The second-order valence-electron chi connectivity index (χ2n) is 6.91. The maximum atomic E-state index is 12.7. The molecule has 1 aromatic rings. The van der Waals surface area contributed by atoms with Crippen molar-refractivity contribution in [2.45, 2.75) is 43.8 Å². The molecule has 2 fully saturated rings. The number of hydrogen-bond donors (Lipinski definition) is 3. The minimum absolute atomic E-state index is 0.112. The Labute approximate surface area is 153 Å². The number of piperidine rings is 1. The van der Waals surface area contributed by atoms with E-state index in [9.17, 15) is 13.2 Å². The van der Waals surface area contributed by atoms with Crippen molar-refractivity contribution in [2.75, 3.05) is 25.2 Å². The third-order valence-corrected chi connectivity index (χ3v) is 5.44. The van der Waals surface area contributed by atoms with Crippen molar-refractivity contribution in [2.24, 2.45) is 0 Å². The zero-order valence-corrected chi connectivity index (χ0v) is 16.0. The van der Waals surface area contributed by atoms with Gasteiger partial charge in [-0.15, -0.1) is 0 Å². The number of sulfonamides is 1. The molecular weight excluding hydrogens is 358 g/mol. The van der Waals surface area contributed by atoms with Gasteiger partial charge in [0.15, 0.2) is 11.5 Å². The molecule has 1 amide bonds. The van der Waals surface area contributed by atoms with Crippen LogP contribution in [-0.2, 0) is 10.0 Å². The fraction of sp³-hybridized carbons (Fsp3) is 0.588. The summed E-state index contributed by atoms with van der Waals surface area (Å²) in [6, 6.07) is 4.06. The van der Waals surface area contributed by atoms with E-state index in [-0.39, 0.29) is 29.1 Å². The summed E-state index contributed by atoms with van der Waals surface area (Å²) in [6.45, 7) is 0. The van der Waals surface area contributed by atoms with Gasteiger partial charge in [-0.1, -0.05) is 0 Å². The monoisotopic (exact) mass is 383 g/mol. The number of amides is 1. The number of benzene rings is 1. The first-order chi connectivity index (χ1) is 12.3. The third kappa shape index (κ3) is 4.21. The molecule has 0 aliphatic carbocycles. The molecule has 2 aliphatic rings. The molecule has 3 N–H and O–H groups in total. The average Bonchev–Trinajstić information content (AvgIpc) is 2.91. The molecule has 26 heavy (non-hydrogen) atoms. The SMILES string of the molecule is COc1cc(C(=O)NC2CC3CCC(C2)N3)cc(NS(C)(=O)=O)c1OC. The normalized spacial score (nSPS) is 24.8. The zero-order chi connectivity index (χ0) is 18.9. The number of rotatable bonds is 6. The molecule has 2 bridgehead atoms. The van der Waals surface area contributed by atoms with Crippen LogP contribution in [0.15, 0.2) is 12.1 Å². The molecule has 9 heteroatoms. The van der Waals surface area contributed by atoms with E-state index >= 15 is 0 Å². The van der Waals surface area contributed by atoms with Crippen LogP contribution in [0, 0.1) is 0 Å². The van der Waals surface area contributed by atoms with Gasteiger partial charge in [0.05, 0.1) is 26.2 Å². The van der Waals surface area contributed by atoms with Gasteiger partial charge >= 0.3 is 0 Å². The summed E-state index contributed by atoms with van der Waals surface area (Å²) in [5.41, 5.74) is 0.490. The van der Waals surface area contributed by atoms with E-state index in [4.69, 9.17) is 9.47 Å². The fourth-order valence-electron chi connectivity index (χ4n) is 3.81. The van der Waals surface area contributed by atoms with Crippen molar-refractivity contribution in [3.8, 4) is 11.5 Å². The largest absolute Gasteiger partial charge is 0.493 e. The van der Waals surface area contributed by atoms with Crippen molar-refractivity contribution in [1.82, 2.24) is 10.6 Å². The highest BCUT2D eigenvalue weighted by atomic mass is 32.2. The van der Waals surface area contributed by atoms with Gasteiger partial charge in [-0.05, 0) is 37.8 Å². The summed E-state index contributed by atoms with van der Waals surface area (Å²) >= 11 is 0. The first kappa shape index (κ1) is 18.8. The van der Waals surface area contributed by atoms with Gasteiger partial charge in [-0.2, -0.15) is 0 Å². The zero-order valence-electron chi connectivity index (χ0n) is 15.2. The molecule has 0 spiro atoms. The van der Waals surface area contributed by atoms with Crippen molar-refractivity contribution in [3.63, 3.8) is 0 Å². The van der Waals surface area contributed by atoms with Gasteiger partial charge in [0.25, 0.3) is 5.91 Å². The van der Waals surface area contributed by atoms with Crippen LogP contribution in [0.5, 0.6) is 11.5 Å². The molecule has 2 saturated heterocycles. The van der Waals surface area contributed by atoms with Crippen LogP contribution in [0.3, 0.4) is 0 Å². The quantitative estimate of drug-likeness (QED) is 0.679. The van der Waals surface area contributed by atoms with E-state index in [1.807, 2.05) is 0 Å². The van der Waals surface area contributed by atoms with Crippen LogP contribution in [0.4, 0.5) is 5.69 Å². The highest BCUT2D eigenvalue weighted by Gasteiger charge is 2.34. The number of nitrogens with one attached hydrogen (secondary N) is 3. The van der Waals surface area contributed by atoms with Crippen LogP contribution in [0.1, 0.15) is 36.0 Å². The highest BCUT2D eigenvalue weighted by Crippen LogP contribution is 2.37. The lowest BCUT2D eigenvalue weighted by atomic mass is 9.99.